The summed E-state index contributed by atoms with van der Waals surface area (Å²) in [5.74, 6) is -3.19. The number of para-hydroxylation sites is 1. The third-order valence-electron chi connectivity index (χ3n) is 8.20. The number of hydrogen-bond donors (Lipinski definition) is 6. The molecule has 14 nitrogen and oxygen atoms in total. The monoisotopic (exact) mass is 710 g/mol. The molecule has 4 amide bonds. The number of hydrogen-bond acceptors (Lipinski definition) is 9. The van der Waals surface area contributed by atoms with Gasteiger partial charge in [0.25, 0.3) is 5.91 Å². The molecule has 2 aromatic heterocycles. The molecule has 3 aromatic carbocycles. The number of carboxylic acids is 1. The Morgan fingerprint density at radius 1 is 0.824 bits per heavy atom. The van der Waals surface area contributed by atoms with E-state index in [4.69, 9.17) is 9.47 Å². The summed E-state index contributed by atoms with van der Waals surface area (Å²) >= 11 is 1.49. The summed E-state index contributed by atoms with van der Waals surface area (Å²) in [7, 11) is 0. The molecule has 0 spiro atoms. The predicted molar refractivity (Wildman–Crippen MR) is 186 cm³/mol. The maximum atomic E-state index is 14.1. The van der Waals surface area contributed by atoms with E-state index in [0.29, 0.717) is 17.0 Å². The van der Waals surface area contributed by atoms with Gasteiger partial charge < -0.3 is 40.8 Å². The van der Waals surface area contributed by atoms with Gasteiger partial charge >= 0.3 is 5.97 Å². The van der Waals surface area contributed by atoms with Crippen LogP contribution in [0.25, 0.3) is 10.1 Å². The highest BCUT2D eigenvalue weighted by atomic mass is 32.1. The predicted octanol–water partition coefficient (Wildman–Crippen LogP) is 2.35. The van der Waals surface area contributed by atoms with Gasteiger partial charge in [0.2, 0.25) is 24.5 Å². The normalized spacial score (nSPS) is 13.5. The fourth-order valence-electron chi connectivity index (χ4n) is 5.65. The first-order valence-corrected chi connectivity index (χ1v) is 16.9. The summed E-state index contributed by atoms with van der Waals surface area (Å²) in [4.78, 5) is 72.8. The molecule has 3 heterocycles. The lowest BCUT2D eigenvalue weighted by atomic mass is 10.0. The van der Waals surface area contributed by atoms with E-state index in [1.165, 1.54) is 23.9 Å². The van der Waals surface area contributed by atoms with Gasteiger partial charge in [0.15, 0.2) is 11.5 Å². The second-order valence-corrected chi connectivity index (χ2v) is 12.6. The van der Waals surface area contributed by atoms with Crippen LogP contribution >= 0.6 is 11.3 Å². The van der Waals surface area contributed by atoms with Crippen molar-refractivity contribution in [1.29, 1.82) is 0 Å². The molecule has 0 unspecified atom stereocenters. The standard InChI is InChI=1S/C36H34N6O8S/c43-31(17-38-33(44)25-10-6-11-29-32(25)50-20-49-29)40-27(14-22-18-51-30-12-5-4-9-24(22)30)35(46)41-26(13-21-7-2-1-3-8-21)34(45)42-28(36(47)48)15-23-16-37-19-39-23/h1-12,16,18-19,26-28H,13-15,17,20H2,(H,37,39)(H,38,44)(H,40,43)(H,41,46)(H,42,45)(H,47,48)/t26-,27+,28+/m1/s1. The molecule has 15 heteroatoms. The van der Waals surface area contributed by atoms with Crippen molar-refractivity contribution < 1.29 is 38.6 Å². The largest absolute Gasteiger partial charge is 0.480 e. The topological polar surface area (TPSA) is 201 Å². The number of aliphatic carboxylic acids is 1. The van der Waals surface area contributed by atoms with Crippen LogP contribution in [0.4, 0.5) is 0 Å². The smallest absolute Gasteiger partial charge is 0.326 e. The molecule has 0 saturated heterocycles. The Hall–Kier alpha value is -6.22. The zero-order valence-electron chi connectivity index (χ0n) is 27.1. The molecule has 51 heavy (non-hydrogen) atoms. The number of rotatable bonds is 15. The molecule has 0 fully saturated rings. The van der Waals surface area contributed by atoms with Gasteiger partial charge in [0, 0.05) is 35.9 Å². The number of carbonyl (C=O) groups excluding carboxylic acids is 4. The summed E-state index contributed by atoms with van der Waals surface area (Å²) in [5, 5.41) is 23.3. The molecule has 3 atom stereocenters. The van der Waals surface area contributed by atoms with Gasteiger partial charge in [-0.15, -0.1) is 11.3 Å². The van der Waals surface area contributed by atoms with Crippen LogP contribution in [-0.4, -0.2) is 76.1 Å². The third kappa shape index (κ3) is 8.69. The third-order valence-corrected chi connectivity index (χ3v) is 9.21. The van der Waals surface area contributed by atoms with Crippen molar-refractivity contribution in [3.05, 3.63) is 113 Å². The average molecular weight is 711 g/mol. The lowest BCUT2D eigenvalue weighted by molar-refractivity contribution is -0.142. The highest BCUT2D eigenvalue weighted by Gasteiger charge is 2.31. The summed E-state index contributed by atoms with van der Waals surface area (Å²) in [6.07, 6.45) is 2.92. The first kappa shape index (κ1) is 34.6. The molecule has 6 N–H and O–H groups in total. The SMILES string of the molecule is O=C(CNC(=O)c1cccc2c1OCO2)N[C@@H](Cc1csc2ccccc12)C(=O)N[C@H](Cc1ccccc1)C(=O)N[C@@H](Cc1cnc[nH]1)C(=O)O. The van der Waals surface area contributed by atoms with Crippen LogP contribution in [0.3, 0.4) is 0 Å². The molecule has 0 aliphatic carbocycles. The van der Waals surface area contributed by atoms with Gasteiger partial charge in [-0.25, -0.2) is 9.78 Å². The van der Waals surface area contributed by atoms with Gasteiger partial charge in [-0.1, -0.05) is 54.6 Å². The number of fused-ring (bicyclic) bond motifs is 2. The van der Waals surface area contributed by atoms with E-state index in [1.54, 1.807) is 42.5 Å². The zero-order valence-corrected chi connectivity index (χ0v) is 27.9. The van der Waals surface area contributed by atoms with E-state index >= 15 is 0 Å². The second-order valence-electron chi connectivity index (χ2n) is 11.7. The van der Waals surface area contributed by atoms with Crippen molar-refractivity contribution in [2.45, 2.75) is 37.4 Å². The van der Waals surface area contributed by atoms with E-state index in [0.717, 1.165) is 15.6 Å². The number of carboxylic acid groups (broad SMARTS) is 1. The molecule has 6 rings (SSSR count). The van der Waals surface area contributed by atoms with Crippen molar-refractivity contribution in [2.24, 2.45) is 0 Å². The molecule has 0 radical (unpaired) electrons. The summed E-state index contributed by atoms with van der Waals surface area (Å²) < 4.78 is 11.7. The van der Waals surface area contributed by atoms with E-state index in [2.05, 4.69) is 31.2 Å². The Labute approximate surface area is 295 Å². The summed E-state index contributed by atoms with van der Waals surface area (Å²) in [5.41, 5.74) is 2.21. The van der Waals surface area contributed by atoms with Crippen LogP contribution in [0.15, 0.2) is 90.7 Å². The quantitative estimate of drug-likeness (QED) is 0.0944. The molecule has 1 aliphatic heterocycles. The fourth-order valence-corrected chi connectivity index (χ4v) is 6.63. The van der Waals surface area contributed by atoms with Crippen molar-refractivity contribution in [3.8, 4) is 11.5 Å². The van der Waals surface area contributed by atoms with Gasteiger partial charge in [0.1, 0.15) is 18.1 Å². The van der Waals surface area contributed by atoms with Gasteiger partial charge in [-0.2, -0.15) is 0 Å². The molecule has 0 saturated carbocycles. The van der Waals surface area contributed by atoms with Crippen LogP contribution in [0, 0.1) is 0 Å². The number of benzene rings is 3. The van der Waals surface area contributed by atoms with Crippen molar-refractivity contribution in [1.82, 2.24) is 31.2 Å². The van der Waals surface area contributed by atoms with Gasteiger partial charge in [0.05, 0.1) is 18.4 Å². The number of nitrogens with one attached hydrogen (secondary N) is 5. The lowest BCUT2D eigenvalue weighted by Crippen LogP contribution is -2.57. The minimum absolute atomic E-state index is 0.0291. The summed E-state index contributed by atoms with van der Waals surface area (Å²) in [6.45, 7) is -0.488. The number of imidazole rings is 1. The summed E-state index contributed by atoms with van der Waals surface area (Å²) in [6, 6.07) is 17.7. The lowest BCUT2D eigenvalue weighted by Gasteiger charge is -2.25. The van der Waals surface area contributed by atoms with E-state index < -0.39 is 54.3 Å². The molecule has 5 aromatic rings. The molecule has 0 bridgehead atoms. The number of H-pyrrole nitrogens is 1. The Morgan fingerprint density at radius 2 is 1.57 bits per heavy atom. The van der Waals surface area contributed by atoms with Crippen LogP contribution in [0.5, 0.6) is 11.5 Å². The van der Waals surface area contributed by atoms with Crippen LogP contribution in [0.1, 0.15) is 27.2 Å². The number of carbonyl (C=O) groups is 5. The maximum absolute atomic E-state index is 14.1. The highest BCUT2D eigenvalue weighted by Crippen LogP contribution is 2.35. The number of aromatic nitrogens is 2. The van der Waals surface area contributed by atoms with Crippen molar-refractivity contribution in [3.63, 3.8) is 0 Å². The molecular formula is C36H34N6O8S. The molecule has 262 valence electrons. The Morgan fingerprint density at radius 3 is 2.33 bits per heavy atom. The molecular weight excluding hydrogens is 676 g/mol. The number of aromatic amines is 1. The number of nitrogens with zero attached hydrogens (tertiary/aromatic N) is 1. The number of thiophene rings is 1. The van der Waals surface area contributed by atoms with Crippen molar-refractivity contribution in [2.75, 3.05) is 13.3 Å². The Kier molecular flexibility index (Phi) is 10.9. The van der Waals surface area contributed by atoms with Crippen LogP contribution in [-0.2, 0) is 38.4 Å². The molecule has 1 aliphatic rings. The number of amides is 4. The van der Waals surface area contributed by atoms with E-state index in [9.17, 15) is 29.1 Å². The van der Waals surface area contributed by atoms with Crippen LogP contribution in [0.2, 0.25) is 0 Å². The van der Waals surface area contributed by atoms with E-state index in [-0.39, 0.29) is 37.4 Å². The van der Waals surface area contributed by atoms with Gasteiger partial charge in [-0.3, -0.25) is 19.2 Å². The van der Waals surface area contributed by atoms with E-state index in [1.807, 2.05) is 35.7 Å². The zero-order chi connectivity index (χ0) is 35.7. The second kappa shape index (κ2) is 16.0. The Balaban J connectivity index is 1.20. The van der Waals surface area contributed by atoms with Crippen molar-refractivity contribution >= 4 is 51.0 Å². The fraction of sp³-hybridized carbons (Fsp3) is 0.222. The minimum Gasteiger partial charge on any atom is -0.480 e. The van der Waals surface area contributed by atoms with Crippen LogP contribution < -0.4 is 30.7 Å². The Bertz CT molecular complexity index is 2030. The number of ether oxygens (including phenoxy) is 2. The van der Waals surface area contributed by atoms with Gasteiger partial charge in [-0.05, 0) is 40.1 Å². The highest BCUT2D eigenvalue weighted by molar-refractivity contribution is 7.17. The first-order chi connectivity index (χ1) is 24.7. The minimum atomic E-state index is -1.31. The average Bonchev–Trinajstić information content (AvgIpc) is 3.92. The maximum Gasteiger partial charge on any atom is 0.326 e. The first-order valence-electron chi connectivity index (χ1n) is 16.0.